The molecule has 39 heavy (non-hydrogen) atoms. The first-order valence-electron chi connectivity index (χ1n) is 12.6. The molecule has 0 bridgehead atoms. The van der Waals surface area contributed by atoms with Crippen molar-refractivity contribution < 1.29 is 19.0 Å². The van der Waals surface area contributed by atoms with Crippen LogP contribution in [0.2, 0.25) is 0 Å². The molecule has 2 heterocycles. The lowest BCUT2D eigenvalue weighted by atomic mass is 9.95. The second kappa shape index (κ2) is 11.2. The van der Waals surface area contributed by atoms with E-state index < -0.39 is 12.0 Å². The third kappa shape index (κ3) is 4.92. The summed E-state index contributed by atoms with van der Waals surface area (Å²) in [4.78, 5) is 32.5. The summed E-state index contributed by atoms with van der Waals surface area (Å²) in [5.74, 6) is 0.523. The minimum Gasteiger partial charge on any atom is -0.493 e. The Kier molecular flexibility index (Phi) is 7.72. The van der Waals surface area contributed by atoms with Gasteiger partial charge < -0.3 is 14.2 Å². The van der Waals surface area contributed by atoms with Gasteiger partial charge in [-0.3, -0.25) is 9.36 Å². The van der Waals surface area contributed by atoms with Crippen molar-refractivity contribution in [3.8, 4) is 11.5 Å². The molecule has 0 fully saturated rings. The number of methoxy groups -OCH3 is 1. The minimum atomic E-state index is -0.783. The van der Waals surface area contributed by atoms with Gasteiger partial charge >= 0.3 is 5.97 Å². The maximum Gasteiger partial charge on any atom is 0.338 e. The number of hydrogen-bond donors (Lipinski definition) is 0. The van der Waals surface area contributed by atoms with E-state index in [9.17, 15) is 9.59 Å². The van der Waals surface area contributed by atoms with E-state index in [0.717, 1.165) is 16.3 Å². The van der Waals surface area contributed by atoms with Crippen molar-refractivity contribution in [1.82, 2.24) is 4.57 Å². The van der Waals surface area contributed by atoms with Gasteiger partial charge in [-0.15, -0.1) is 0 Å². The molecule has 0 amide bonds. The lowest BCUT2D eigenvalue weighted by molar-refractivity contribution is -0.139. The summed E-state index contributed by atoms with van der Waals surface area (Å²) < 4.78 is 19.5. The maximum absolute atomic E-state index is 14.0. The zero-order chi connectivity index (χ0) is 27.7. The highest BCUT2D eigenvalue weighted by molar-refractivity contribution is 9.10. The van der Waals surface area contributed by atoms with Gasteiger partial charge in [0.1, 0.15) is 0 Å². The van der Waals surface area contributed by atoms with Crippen LogP contribution in [0.5, 0.6) is 11.5 Å². The third-order valence-electron chi connectivity index (χ3n) is 6.50. The molecule has 0 saturated carbocycles. The summed E-state index contributed by atoms with van der Waals surface area (Å²) in [6.07, 6.45) is 1.89. The van der Waals surface area contributed by atoms with Crippen molar-refractivity contribution in [2.75, 3.05) is 20.3 Å². The normalized spacial score (nSPS) is 15.2. The van der Waals surface area contributed by atoms with E-state index in [1.807, 2.05) is 55.5 Å². The van der Waals surface area contributed by atoms with Gasteiger partial charge in [0.05, 0.1) is 42.2 Å². The lowest BCUT2D eigenvalue weighted by Gasteiger charge is -2.26. The molecule has 7 nitrogen and oxygen atoms in total. The average molecular weight is 608 g/mol. The number of rotatable bonds is 7. The van der Waals surface area contributed by atoms with Gasteiger partial charge in [0.25, 0.3) is 5.56 Å². The molecule has 200 valence electrons. The molecule has 0 saturated heterocycles. The van der Waals surface area contributed by atoms with E-state index in [4.69, 9.17) is 14.2 Å². The number of fused-ring (bicyclic) bond motifs is 2. The molecule has 0 N–H and O–H groups in total. The highest BCUT2D eigenvalue weighted by atomic mass is 79.9. The molecule has 1 aromatic heterocycles. The standard InChI is InChI=1S/C30H27BrN2O5S/c1-5-37-24-16-22(31)21(15-23(24)36-4)27-26(29(35)38-6-2)17(3)32-30-33(27)28(34)25(39-30)14-19-12-9-11-18-10-7-8-13-20(18)19/h7-16,27H,5-6H2,1-4H3/b25-14+/t27-/m1/s1. The lowest BCUT2D eigenvalue weighted by Crippen LogP contribution is -2.40. The fourth-order valence-corrected chi connectivity index (χ4v) is 6.37. The van der Waals surface area contributed by atoms with Crippen LogP contribution in [0.15, 0.2) is 80.1 Å². The molecule has 0 radical (unpaired) electrons. The summed E-state index contributed by atoms with van der Waals surface area (Å²) in [5.41, 5.74) is 2.14. The molecule has 5 rings (SSSR count). The second-order valence-corrected chi connectivity index (χ2v) is 10.7. The Hall–Kier alpha value is -3.69. The molecule has 0 spiro atoms. The van der Waals surface area contributed by atoms with Crippen LogP contribution in [-0.4, -0.2) is 30.9 Å². The first kappa shape index (κ1) is 26.9. The van der Waals surface area contributed by atoms with E-state index in [-0.39, 0.29) is 12.2 Å². The first-order chi connectivity index (χ1) is 18.9. The molecule has 1 atom stereocenters. The highest BCUT2D eigenvalue weighted by Crippen LogP contribution is 2.41. The zero-order valence-electron chi connectivity index (χ0n) is 22.0. The highest BCUT2D eigenvalue weighted by Gasteiger charge is 2.35. The Morgan fingerprint density at radius 2 is 1.87 bits per heavy atom. The van der Waals surface area contributed by atoms with Crippen LogP contribution in [-0.2, 0) is 9.53 Å². The zero-order valence-corrected chi connectivity index (χ0v) is 24.4. The second-order valence-electron chi connectivity index (χ2n) is 8.83. The number of esters is 1. The molecule has 1 aliphatic heterocycles. The number of thiazole rings is 1. The van der Waals surface area contributed by atoms with Crippen molar-refractivity contribution in [2.45, 2.75) is 26.8 Å². The van der Waals surface area contributed by atoms with E-state index in [1.54, 1.807) is 37.7 Å². The Labute approximate surface area is 237 Å². The molecule has 4 aromatic rings. The fraction of sp³-hybridized carbons (Fsp3) is 0.233. The number of ether oxygens (including phenoxy) is 3. The van der Waals surface area contributed by atoms with E-state index >= 15 is 0 Å². The van der Waals surface area contributed by atoms with Gasteiger partial charge in [-0.2, -0.15) is 0 Å². The quantitative estimate of drug-likeness (QED) is 0.273. The van der Waals surface area contributed by atoms with Gasteiger partial charge in [-0.05, 0) is 60.9 Å². The molecule has 9 heteroatoms. The number of carbonyl (C=O) groups is 1. The summed E-state index contributed by atoms with van der Waals surface area (Å²) in [6.45, 7) is 6.05. The summed E-state index contributed by atoms with van der Waals surface area (Å²) in [6, 6.07) is 16.8. The van der Waals surface area contributed by atoms with Crippen molar-refractivity contribution in [3.63, 3.8) is 0 Å². The summed E-state index contributed by atoms with van der Waals surface area (Å²) in [5, 5.41) is 2.13. The van der Waals surface area contributed by atoms with Gasteiger partial charge in [-0.1, -0.05) is 69.7 Å². The number of benzene rings is 3. The Bertz CT molecular complexity index is 1800. The number of carbonyl (C=O) groups excluding carboxylic acids is 1. The van der Waals surface area contributed by atoms with Crippen molar-refractivity contribution in [2.24, 2.45) is 4.99 Å². The number of hydrogen-bond acceptors (Lipinski definition) is 7. The largest absolute Gasteiger partial charge is 0.493 e. The molecular formula is C30H27BrN2O5S. The SMILES string of the molecule is CCOC(=O)C1=C(C)N=c2s/c(=C/c3cccc4ccccc34)c(=O)n2[C@@H]1c1cc(OC)c(OCC)cc1Br. The smallest absolute Gasteiger partial charge is 0.338 e. The van der Waals surface area contributed by atoms with Crippen LogP contribution in [0.1, 0.15) is 37.9 Å². The molecule has 0 unspecified atom stereocenters. The number of nitrogens with zero attached hydrogens (tertiary/aromatic N) is 2. The monoisotopic (exact) mass is 606 g/mol. The predicted molar refractivity (Wildman–Crippen MR) is 156 cm³/mol. The minimum absolute atomic E-state index is 0.196. The van der Waals surface area contributed by atoms with Crippen molar-refractivity contribution in [3.05, 3.63) is 101 Å². The molecule has 3 aromatic carbocycles. The van der Waals surface area contributed by atoms with Crippen LogP contribution in [0, 0.1) is 0 Å². The number of halogens is 1. The third-order valence-corrected chi connectivity index (χ3v) is 8.17. The average Bonchev–Trinajstić information content (AvgIpc) is 3.23. The van der Waals surface area contributed by atoms with E-state index in [0.29, 0.717) is 48.7 Å². The molecule has 1 aliphatic rings. The van der Waals surface area contributed by atoms with Crippen molar-refractivity contribution >= 4 is 50.1 Å². The number of allylic oxidation sites excluding steroid dienone is 1. The van der Waals surface area contributed by atoms with Gasteiger partial charge in [0, 0.05) is 4.47 Å². The Balaban J connectivity index is 1.78. The van der Waals surface area contributed by atoms with Crippen LogP contribution in [0.3, 0.4) is 0 Å². The van der Waals surface area contributed by atoms with Gasteiger partial charge in [0.2, 0.25) is 0 Å². The van der Waals surface area contributed by atoms with E-state index in [2.05, 4.69) is 20.9 Å². The van der Waals surface area contributed by atoms with Crippen LogP contribution < -0.4 is 24.4 Å². The maximum atomic E-state index is 14.0. The van der Waals surface area contributed by atoms with Crippen LogP contribution >= 0.6 is 27.3 Å². The molecule has 0 aliphatic carbocycles. The Morgan fingerprint density at radius 3 is 2.62 bits per heavy atom. The van der Waals surface area contributed by atoms with Gasteiger partial charge in [-0.25, -0.2) is 9.79 Å². The number of aromatic nitrogens is 1. The van der Waals surface area contributed by atoms with Crippen LogP contribution in [0.4, 0.5) is 0 Å². The summed E-state index contributed by atoms with van der Waals surface area (Å²) in [7, 11) is 1.55. The topological polar surface area (TPSA) is 79.1 Å². The van der Waals surface area contributed by atoms with E-state index in [1.165, 1.54) is 11.3 Å². The predicted octanol–water partition coefficient (Wildman–Crippen LogP) is 5.12. The van der Waals surface area contributed by atoms with Crippen molar-refractivity contribution in [1.29, 1.82) is 0 Å². The Morgan fingerprint density at radius 1 is 1.10 bits per heavy atom. The molecular weight excluding hydrogens is 580 g/mol. The summed E-state index contributed by atoms with van der Waals surface area (Å²) >= 11 is 4.95. The fourth-order valence-electron chi connectivity index (χ4n) is 4.79. The first-order valence-corrected chi connectivity index (χ1v) is 14.2. The van der Waals surface area contributed by atoms with Gasteiger partial charge in [0.15, 0.2) is 16.3 Å². The van der Waals surface area contributed by atoms with Crippen LogP contribution in [0.25, 0.3) is 16.8 Å².